The zero-order chi connectivity index (χ0) is 13.9. The first-order chi connectivity index (χ1) is 8.24. The zero-order valence-electron chi connectivity index (χ0n) is 10.1. The molecule has 18 heavy (non-hydrogen) atoms. The smallest absolute Gasteiger partial charge is 0.252 e. The Bertz CT molecular complexity index is 489. The number of hydrogen-bond donors (Lipinski definition) is 2. The summed E-state index contributed by atoms with van der Waals surface area (Å²) in [4.78, 5) is 23.1. The molecule has 2 amide bonds. The molecule has 0 aromatic heterocycles. The van der Waals surface area contributed by atoms with Gasteiger partial charge in [-0.3, -0.25) is 9.59 Å². The molecule has 0 saturated carbocycles. The first-order valence-corrected chi connectivity index (χ1v) is 6.73. The fraction of sp³-hybridized carbons (Fsp3) is 0.333. The van der Waals surface area contributed by atoms with Gasteiger partial charge in [-0.15, -0.1) is 0 Å². The average molecular weight is 381 g/mol. The molecule has 98 valence electrons. The molecule has 0 unspecified atom stereocenters. The van der Waals surface area contributed by atoms with Gasteiger partial charge in [0.25, 0.3) is 5.91 Å². The van der Waals surface area contributed by atoms with Crippen molar-refractivity contribution in [3.8, 4) is 0 Å². The van der Waals surface area contributed by atoms with Crippen LogP contribution in [0.3, 0.4) is 0 Å². The molecule has 0 aliphatic heterocycles. The van der Waals surface area contributed by atoms with Crippen molar-refractivity contribution in [2.45, 2.75) is 13.8 Å². The summed E-state index contributed by atoms with van der Waals surface area (Å²) in [7, 11) is 0. The van der Waals surface area contributed by atoms with E-state index in [4.69, 9.17) is 17.3 Å². The Kier molecular flexibility index (Phi) is 4.98. The van der Waals surface area contributed by atoms with Crippen molar-refractivity contribution in [1.29, 1.82) is 0 Å². The molecule has 3 N–H and O–H groups in total. The molecule has 0 bridgehead atoms. The van der Waals surface area contributed by atoms with E-state index in [1.54, 1.807) is 32.0 Å². The lowest BCUT2D eigenvalue weighted by molar-refractivity contribution is -0.125. The van der Waals surface area contributed by atoms with E-state index in [1.165, 1.54) is 0 Å². The third kappa shape index (κ3) is 3.84. The van der Waals surface area contributed by atoms with E-state index in [9.17, 15) is 9.59 Å². The molecular weight excluding hydrogens is 367 g/mol. The van der Waals surface area contributed by atoms with Crippen molar-refractivity contribution in [2.75, 3.05) is 6.54 Å². The van der Waals surface area contributed by atoms with Gasteiger partial charge in [-0.25, -0.2) is 0 Å². The fourth-order valence-electron chi connectivity index (χ4n) is 1.16. The molecular formula is C12H14ClIN2O2. The number of carbonyl (C=O) groups is 2. The van der Waals surface area contributed by atoms with Gasteiger partial charge in [0.1, 0.15) is 0 Å². The van der Waals surface area contributed by atoms with Crippen LogP contribution in [0, 0.1) is 8.99 Å². The first kappa shape index (κ1) is 15.2. The van der Waals surface area contributed by atoms with Crippen LogP contribution in [-0.2, 0) is 4.79 Å². The van der Waals surface area contributed by atoms with Gasteiger partial charge in [-0.2, -0.15) is 0 Å². The second kappa shape index (κ2) is 5.88. The van der Waals surface area contributed by atoms with Crippen molar-refractivity contribution in [3.63, 3.8) is 0 Å². The van der Waals surface area contributed by atoms with Gasteiger partial charge in [-0.1, -0.05) is 11.6 Å². The van der Waals surface area contributed by atoms with E-state index >= 15 is 0 Å². The minimum Gasteiger partial charge on any atom is -0.369 e. The van der Waals surface area contributed by atoms with Gasteiger partial charge in [0.2, 0.25) is 5.91 Å². The Balaban J connectivity index is 2.78. The summed E-state index contributed by atoms with van der Waals surface area (Å²) in [5, 5.41) is 3.18. The van der Waals surface area contributed by atoms with Crippen molar-refractivity contribution in [1.82, 2.24) is 5.32 Å². The van der Waals surface area contributed by atoms with Crippen LogP contribution in [-0.4, -0.2) is 18.4 Å². The molecule has 1 rings (SSSR count). The van der Waals surface area contributed by atoms with E-state index in [-0.39, 0.29) is 12.5 Å². The normalized spacial score (nSPS) is 11.1. The number of primary amides is 1. The highest BCUT2D eigenvalue weighted by molar-refractivity contribution is 14.1. The number of carbonyl (C=O) groups excluding carboxylic acids is 2. The number of hydrogen-bond acceptors (Lipinski definition) is 2. The van der Waals surface area contributed by atoms with Crippen molar-refractivity contribution >= 4 is 46.0 Å². The maximum atomic E-state index is 12.0. The van der Waals surface area contributed by atoms with Crippen molar-refractivity contribution in [2.24, 2.45) is 11.1 Å². The van der Waals surface area contributed by atoms with E-state index in [0.717, 1.165) is 3.57 Å². The SMILES string of the molecule is CC(C)(CNC(=O)c1cc(Cl)ccc1I)C(N)=O. The van der Waals surface area contributed by atoms with E-state index in [1.807, 2.05) is 0 Å². The van der Waals surface area contributed by atoms with E-state index < -0.39 is 11.3 Å². The van der Waals surface area contributed by atoms with Crippen molar-refractivity contribution in [3.05, 3.63) is 32.4 Å². The molecule has 0 saturated heterocycles. The lowest BCUT2D eigenvalue weighted by atomic mass is 9.92. The summed E-state index contributed by atoms with van der Waals surface area (Å²) in [5.41, 5.74) is 4.95. The minimum atomic E-state index is -0.778. The molecule has 0 radical (unpaired) electrons. The molecule has 0 aliphatic carbocycles. The number of benzene rings is 1. The van der Waals surface area contributed by atoms with Gasteiger partial charge in [-0.05, 0) is 54.6 Å². The first-order valence-electron chi connectivity index (χ1n) is 5.27. The Morgan fingerprint density at radius 1 is 1.44 bits per heavy atom. The fourth-order valence-corrected chi connectivity index (χ4v) is 1.91. The standard InChI is InChI=1S/C12H14ClIN2O2/c1-12(2,11(15)18)6-16-10(17)8-5-7(13)3-4-9(8)14/h3-5H,6H2,1-2H3,(H2,15,18)(H,16,17). The lowest BCUT2D eigenvalue weighted by Crippen LogP contribution is -2.42. The van der Waals surface area contributed by atoms with E-state index in [2.05, 4.69) is 27.9 Å². The van der Waals surface area contributed by atoms with Crippen LogP contribution < -0.4 is 11.1 Å². The van der Waals surface area contributed by atoms with Crippen LogP contribution in [0.15, 0.2) is 18.2 Å². The maximum Gasteiger partial charge on any atom is 0.252 e. The highest BCUT2D eigenvalue weighted by Crippen LogP contribution is 2.18. The zero-order valence-corrected chi connectivity index (χ0v) is 13.0. The van der Waals surface area contributed by atoms with E-state index in [0.29, 0.717) is 10.6 Å². The summed E-state index contributed by atoms with van der Waals surface area (Å²) >= 11 is 7.90. The van der Waals surface area contributed by atoms with Crippen LogP contribution in [0.4, 0.5) is 0 Å². The molecule has 0 spiro atoms. The topological polar surface area (TPSA) is 72.2 Å². The Labute approximate surface area is 124 Å². The molecule has 0 fully saturated rings. The second-order valence-electron chi connectivity index (χ2n) is 4.55. The molecule has 1 aromatic rings. The van der Waals surface area contributed by atoms with Crippen LogP contribution in [0.2, 0.25) is 5.02 Å². The Morgan fingerprint density at radius 3 is 2.61 bits per heavy atom. The van der Waals surface area contributed by atoms with Gasteiger partial charge >= 0.3 is 0 Å². The Morgan fingerprint density at radius 2 is 2.06 bits per heavy atom. The maximum absolute atomic E-state index is 12.0. The van der Waals surface area contributed by atoms with Gasteiger partial charge in [0, 0.05) is 15.1 Å². The predicted molar refractivity (Wildman–Crippen MR) is 79.5 cm³/mol. The third-order valence-electron chi connectivity index (χ3n) is 2.53. The number of nitrogens with two attached hydrogens (primary N) is 1. The van der Waals surface area contributed by atoms with Crippen LogP contribution >= 0.6 is 34.2 Å². The number of rotatable bonds is 4. The second-order valence-corrected chi connectivity index (χ2v) is 6.15. The molecule has 0 heterocycles. The lowest BCUT2D eigenvalue weighted by Gasteiger charge is -2.20. The van der Waals surface area contributed by atoms with Gasteiger partial charge in [0.05, 0.1) is 11.0 Å². The number of nitrogens with one attached hydrogen (secondary N) is 1. The number of halogens is 2. The van der Waals surface area contributed by atoms with Gasteiger partial charge in [0.15, 0.2) is 0 Å². The van der Waals surface area contributed by atoms with Crippen LogP contribution in [0.25, 0.3) is 0 Å². The summed E-state index contributed by atoms with van der Waals surface area (Å²) in [6, 6.07) is 5.07. The molecule has 4 nitrogen and oxygen atoms in total. The molecule has 1 aromatic carbocycles. The molecule has 0 atom stereocenters. The average Bonchev–Trinajstić information content (AvgIpc) is 2.29. The minimum absolute atomic E-state index is 0.184. The third-order valence-corrected chi connectivity index (χ3v) is 3.71. The highest BCUT2D eigenvalue weighted by Gasteiger charge is 2.25. The van der Waals surface area contributed by atoms with Gasteiger partial charge < -0.3 is 11.1 Å². The molecule has 0 aliphatic rings. The predicted octanol–water partition coefficient (Wildman–Crippen LogP) is 2.19. The van der Waals surface area contributed by atoms with Crippen LogP contribution in [0.1, 0.15) is 24.2 Å². The monoisotopic (exact) mass is 380 g/mol. The summed E-state index contributed by atoms with van der Waals surface area (Å²) < 4.78 is 0.798. The van der Waals surface area contributed by atoms with Crippen LogP contribution in [0.5, 0.6) is 0 Å². The summed E-state index contributed by atoms with van der Waals surface area (Å²) in [5.74, 6) is -0.722. The molecule has 6 heteroatoms. The quantitative estimate of drug-likeness (QED) is 0.786. The highest BCUT2D eigenvalue weighted by atomic mass is 127. The summed E-state index contributed by atoms with van der Waals surface area (Å²) in [6.07, 6.45) is 0. The largest absolute Gasteiger partial charge is 0.369 e. The number of amides is 2. The van der Waals surface area contributed by atoms with Crippen molar-refractivity contribution < 1.29 is 9.59 Å². The summed E-state index contributed by atoms with van der Waals surface area (Å²) in [6.45, 7) is 3.54. The Hall–Kier alpha value is -0.820.